The molecule has 0 radical (unpaired) electrons. The number of allylic oxidation sites excluding steroid dienone is 1. The van der Waals surface area contributed by atoms with Crippen LogP contribution in [0.2, 0.25) is 0 Å². The highest BCUT2D eigenvalue weighted by Crippen LogP contribution is 2.53. The van der Waals surface area contributed by atoms with E-state index in [0.717, 1.165) is 42.5 Å². The Balaban J connectivity index is 1.34. The van der Waals surface area contributed by atoms with Gasteiger partial charge in [0.05, 0.1) is 18.2 Å². The minimum absolute atomic E-state index is 0.0765. The van der Waals surface area contributed by atoms with Crippen LogP contribution in [0.1, 0.15) is 45.2 Å². The minimum Gasteiger partial charge on any atom is -0.462 e. The van der Waals surface area contributed by atoms with Gasteiger partial charge in [0.1, 0.15) is 12.4 Å². The van der Waals surface area contributed by atoms with Crippen molar-refractivity contribution in [3.05, 3.63) is 48.8 Å². The average Bonchev–Trinajstić information content (AvgIpc) is 3.15. The fourth-order valence-electron chi connectivity index (χ4n) is 6.42. The summed E-state index contributed by atoms with van der Waals surface area (Å²) in [6.07, 6.45) is 14.4. The highest BCUT2D eigenvalue weighted by atomic mass is 16.6. The van der Waals surface area contributed by atoms with Gasteiger partial charge in [-0.15, -0.1) is 0 Å². The van der Waals surface area contributed by atoms with Gasteiger partial charge in [-0.2, -0.15) is 0 Å². The van der Waals surface area contributed by atoms with E-state index in [9.17, 15) is 9.59 Å². The molecule has 2 aromatic rings. The normalized spacial score (nSPS) is 31.9. The molecule has 2 aliphatic carbocycles. The smallest absolute Gasteiger partial charge is 0.407 e. The van der Waals surface area contributed by atoms with Crippen LogP contribution in [-0.2, 0) is 14.3 Å². The number of hydrogen-bond acceptors (Lipinski definition) is 7. The van der Waals surface area contributed by atoms with Crippen LogP contribution in [-0.4, -0.2) is 45.8 Å². The fourth-order valence-corrected chi connectivity index (χ4v) is 6.42. The minimum atomic E-state index is -0.355. The van der Waals surface area contributed by atoms with Crippen molar-refractivity contribution in [3.63, 3.8) is 0 Å². The van der Waals surface area contributed by atoms with Crippen molar-refractivity contribution in [1.82, 2.24) is 20.3 Å². The lowest BCUT2D eigenvalue weighted by atomic mass is 9.57. The number of hydrogen-bond donors (Lipinski definition) is 1. The van der Waals surface area contributed by atoms with Crippen LogP contribution in [0.3, 0.4) is 0 Å². The molecule has 3 fully saturated rings. The third-order valence-corrected chi connectivity index (χ3v) is 7.92. The molecule has 1 aliphatic heterocycles. The van der Waals surface area contributed by atoms with Gasteiger partial charge < -0.3 is 14.8 Å². The van der Waals surface area contributed by atoms with Crippen molar-refractivity contribution in [2.75, 3.05) is 6.61 Å². The van der Waals surface area contributed by atoms with Crippen molar-refractivity contribution in [3.8, 4) is 11.1 Å². The van der Waals surface area contributed by atoms with Crippen LogP contribution in [0.4, 0.5) is 4.79 Å². The highest BCUT2D eigenvalue weighted by Gasteiger charge is 2.54. The van der Waals surface area contributed by atoms with Gasteiger partial charge in [0.25, 0.3) is 0 Å². The number of amides is 1. The molecule has 184 valence electrons. The number of alkyl carbamates (subject to hydrolysis) is 1. The number of fused-ring (bicyclic) bond motifs is 2. The van der Waals surface area contributed by atoms with Crippen LogP contribution in [0, 0.1) is 29.6 Å². The first-order chi connectivity index (χ1) is 17.0. The standard InChI is InChI=1S/C27H32N4O4/c1-3-34-27(33)31-21-7-8-22-18(10-21)11-24-25(16(2)35-26(24)32)23(22)9-6-20-5-4-17(14-30-20)19-12-28-15-29-13-19/h4-6,9,12-16,18,21-25H,3,7-8,10-11H2,1-2H3,(H,31,33)/b9-6+/t16-,18+,21-,22-,23+,24-,25+/m1/s1. The number of carbonyl (C=O) groups excluding carboxylic acids is 2. The first kappa shape index (κ1) is 23.5. The second kappa shape index (κ2) is 10.1. The van der Waals surface area contributed by atoms with Gasteiger partial charge in [-0.3, -0.25) is 9.78 Å². The van der Waals surface area contributed by atoms with Gasteiger partial charge in [-0.1, -0.05) is 12.1 Å². The van der Waals surface area contributed by atoms with Gasteiger partial charge in [-0.25, -0.2) is 14.8 Å². The topological polar surface area (TPSA) is 103 Å². The van der Waals surface area contributed by atoms with E-state index in [1.807, 2.05) is 25.3 Å². The summed E-state index contributed by atoms with van der Waals surface area (Å²) in [4.78, 5) is 37.4. The molecule has 35 heavy (non-hydrogen) atoms. The average molecular weight is 477 g/mol. The maximum absolute atomic E-state index is 12.7. The van der Waals surface area contributed by atoms with Gasteiger partial charge in [0, 0.05) is 41.7 Å². The maximum atomic E-state index is 12.7. The maximum Gasteiger partial charge on any atom is 0.407 e. The summed E-state index contributed by atoms with van der Waals surface area (Å²) in [5.74, 6) is 1.05. The Morgan fingerprint density at radius 2 is 2.00 bits per heavy atom. The van der Waals surface area contributed by atoms with Gasteiger partial charge in [0.15, 0.2) is 0 Å². The van der Waals surface area contributed by atoms with Crippen LogP contribution in [0.25, 0.3) is 17.2 Å². The zero-order valence-corrected chi connectivity index (χ0v) is 20.2. The zero-order chi connectivity index (χ0) is 24.4. The zero-order valence-electron chi connectivity index (χ0n) is 20.2. The number of aromatic nitrogens is 3. The number of ether oxygens (including phenoxy) is 2. The Bertz CT molecular complexity index is 1070. The number of esters is 1. The third kappa shape index (κ3) is 4.92. The molecule has 3 heterocycles. The van der Waals surface area contributed by atoms with Crippen molar-refractivity contribution >= 4 is 18.1 Å². The molecule has 0 unspecified atom stereocenters. The Morgan fingerprint density at radius 1 is 1.17 bits per heavy atom. The number of pyridine rings is 1. The number of nitrogens with zero attached hydrogens (tertiary/aromatic N) is 3. The summed E-state index contributed by atoms with van der Waals surface area (Å²) >= 11 is 0. The largest absolute Gasteiger partial charge is 0.462 e. The molecule has 0 bridgehead atoms. The summed E-state index contributed by atoms with van der Waals surface area (Å²) in [5, 5.41) is 3.01. The Hall–Kier alpha value is -3.29. The Kier molecular flexibility index (Phi) is 6.79. The molecule has 0 spiro atoms. The van der Waals surface area contributed by atoms with E-state index in [1.54, 1.807) is 19.3 Å². The number of rotatable bonds is 5. The van der Waals surface area contributed by atoms with Gasteiger partial charge >= 0.3 is 12.1 Å². The SMILES string of the molecule is CCOC(=O)N[C@@H]1CC[C@@H]2[C@@H](C1)C[C@H]1C(=O)O[C@H](C)[C@H]1[C@H]2/C=C/c1ccc(-c2cncnc2)cn1. The Labute approximate surface area is 205 Å². The quantitative estimate of drug-likeness (QED) is 0.643. The molecule has 2 saturated carbocycles. The lowest BCUT2D eigenvalue weighted by Gasteiger charge is -2.47. The lowest BCUT2D eigenvalue weighted by molar-refractivity contribution is -0.144. The van der Waals surface area contributed by atoms with Crippen LogP contribution in [0.15, 0.2) is 43.1 Å². The van der Waals surface area contributed by atoms with Gasteiger partial charge in [0.2, 0.25) is 0 Å². The summed E-state index contributed by atoms with van der Waals surface area (Å²) in [5.41, 5.74) is 2.77. The second-order valence-electron chi connectivity index (χ2n) is 9.90. The van der Waals surface area contributed by atoms with Crippen molar-refractivity contribution in [2.45, 2.75) is 51.7 Å². The first-order valence-corrected chi connectivity index (χ1v) is 12.6. The van der Waals surface area contributed by atoms with E-state index in [-0.39, 0.29) is 42.0 Å². The van der Waals surface area contributed by atoms with E-state index in [0.29, 0.717) is 18.4 Å². The third-order valence-electron chi connectivity index (χ3n) is 7.92. The van der Waals surface area contributed by atoms with Gasteiger partial charge in [-0.05, 0) is 69.4 Å². The first-order valence-electron chi connectivity index (χ1n) is 12.6. The monoisotopic (exact) mass is 476 g/mol. The summed E-state index contributed by atoms with van der Waals surface area (Å²) in [6, 6.07) is 4.10. The summed E-state index contributed by atoms with van der Waals surface area (Å²) < 4.78 is 10.8. The molecular weight excluding hydrogens is 444 g/mol. The number of nitrogens with one attached hydrogen (secondary N) is 1. The number of cyclic esters (lactones) is 1. The molecular formula is C27H32N4O4. The van der Waals surface area contributed by atoms with Crippen molar-refractivity contribution < 1.29 is 19.1 Å². The predicted molar refractivity (Wildman–Crippen MR) is 130 cm³/mol. The van der Waals surface area contributed by atoms with E-state index >= 15 is 0 Å². The molecule has 1 saturated heterocycles. The molecule has 1 amide bonds. The molecule has 2 aromatic heterocycles. The summed E-state index contributed by atoms with van der Waals surface area (Å²) in [7, 11) is 0. The molecule has 8 heteroatoms. The van der Waals surface area contributed by atoms with E-state index < -0.39 is 0 Å². The molecule has 0 aromatic carbocycles. The molecule has 5 rings (SSSR count). The van der Waals surface area contributed by atoms with E-state index in [1.165, 1.54) is 6.33 Å². The fraction of sp³-hybridized carbons (Fsp3) is 0.519. The van der Waals surface area contributed by atoms with E-state index in [4.69, 9.17) is 9.47 Å². The number of carbonyl (C=O) groups is 2. The van der Waals surface area contributed by atoms with Crippen molar-refractivity contribution in [2.24, 2.45) is 29.6 Å². The second-order valence-corrected chi connectivity index (χ2v) is 9.90. The van der Waals surface area contributed by atoms with Crippen LogP contribution >= 0.6 is 0 Å². The molecule has 3 aliphatic rings. The highest BCUT2D eigenvalue weighted by molar-refractivity contribution is 5.75. The molecule has 7 atom stereocenters. The molecule has 1 N–H and O–H groups in total. The van der Waals surface area contributed by atoms with Crippen LogP contribution in [0.5, 0.6) is 0 Å². The predicted octanol–water partition coefficient (Wildman–Crippen LogP) is 4.28. The Morgan fingerprint density at radius 3 is 2.74 bits per heavy atom. The summed E-state index contributed by atoms with van der Waals surface area (Å²) in [6.45, 7) is 4.19. The molecule has 8 nitrogen and oxygen atoms in total. The lowest BCUT2D eigenvalue weighted by Crippen LogP contribution is -2.48. The van der Waals surface area contributed by atoms with E-state index in [2.05, 4.69) is 32.4 Å². The van der Waals surface area contributed by atoms with Crippen LogP contribution < -0.4 is 5.32 Å². The van der Waals surface area contributed by atoms with Crippen molar-refractivity contribution in [1.29, 1.82) is 0 Å².